The lowest BCUT2D eigenvalue weighted by molar-refractivity contribution is 0.0129. The molecule has 2 N–H and O–H groups in total. The van der Waals surface area contributed by atoms with Gasteiger partial charge in [-0.15, -0.1) is 0 Å². The lowest BCUT2D eigenvalue weighted by Gasteiger charge is -2.22. The number of hydrogen-bond acceptors (Lipinski definition) is 3. The van der Waals surface area contributed by atoms with Crippen molar-refractivity contribution in [3.63, 3.8) is 0 Å². The topological polar surface area (TPSA) is 48.1 Å². The van der Waals surface area contributed by atoms with Crippen molar-refractivity contribution < 1.29 is 4.74 Å². The molecule has 0 aliphatic carbocycles. The lowest BCUT2D eigenvalue weighted by atomic mass is 9.96. The van der Waals surface area contributed by atoms with Crippen LogP contribution >= 0.6 is 11.6 Å². The Hall–Kier alpha value is -0.640. The molecule has 1 aromatic rings. The second-order valence-corrected chi connectivity index (χ2v) is 4.30. The molecule has 1 aliphatic rings. The van der Waals surface area contributed by atoms with Gasteiger partial charge in [0.2, 0.25) is 0 Å². The van der Waals surface area contributed by atoms with Crippen LogP contribution in [-0.2, 0) is 10.3 Å². The Balaban J connectivity index is 2.26. The van der Waals surface area contributed by atoms with E-state index in [1.807, 2.05) is 19.1 Å². The van der Waals surface area contributed by atoms with Crippen LogP contribution in [0.5, 0.6) is 0 Å². The number of nitrogens with two attached hydrogens (primary N) is 1. The fourth-order valence-corrected chi connectivity index (χ4v) is 1.89. The highest BCUT2D eigenvalue weighted by atomic mass is 35.5. The van der Waals surface area contributed by atoms with Crippen LogP contribution in [0.1, 0.15) is 19.0 Å². The Morgan fingerprint density at radius 1 is 1.64 bits per heavy atom. The lowest BCUT2D eigenvalue weighted by Crippen LogP contribution is -2.24. The molecule has 2 heterocycles. The SMILES string of the molecule is CC1(c2ccc(Cl)cn2)CC(N)CO1. The first-order valence-electron chi connectivity index (χ1n) is 4.62. The molecule has 1 saturated heterocycles. The van der Waals surface area contributed by atoms with Crippen molar-refractivity contribution in [3.8, 4) is 0 Å². The van der Waals surface area contributed by atoms with E-state index in [9.17, 15) is 0 Å². The molecule has 76 valence electrons. The van der Waals surface area contributed by atoms with Crippen LogP contribution in [0.4, 0.5) is 0 Å². The van der Waals surface area contributed by atoms with Gasteiger partial charge in [0.1, 0.15) is 5.60 Å². The molecule has 1 aliphatic heterocycles. The van der Waals surface area contributed by atoms with E-state index >= 15 is 0 Å². The molecule has 0 aromatic carbocycles. The molecule has 2 unspecified atom stereocenters. The van der Waals surface area contributed by atoms with Gasteiger partial charge in [-0.25, -0.2) is 0 Å². The van der Waals surface area contributed by atoms with E-state index in [0.29, 0.717) is 11.6 Å². The molecule has 3 nitrogen and oxygen atoms in total. The van der Waals surface area contributed by atoms with Crippen molar-refractivity contribution >= 4 is 11.6 Å². The van der Waals surface area contributed by atoms with E-state index in [-0.39, 0.29) is 11.6 Å². The molecule has 1 aromatic heterocycles. The Morgan fingerprint density at radius 2 is 2.43 bits per heavy atom. The minimum atomic E-state index is -0.343. The molecule has 2 rings (SSSR count). The first-order chi connectivity index (χ1) is 6.60. The summed E-state index contributed by atoms with van der Waals surface area (Å²) in [6.07, 6.45) is 2.44. The van der Waals surface area contributed by atoms with Crippen LogP contribution in [0.3, 0.4) is 0 Å². The molecule has 4 heteroatoms. The fourth-order valence-electron chi connectivity index (χ4n) is 1.78. The predicted molar refractivity (Wildman–Crippen MR) is 55.1 cm³/mol. The second kappa shape index (κ2) is 3.50. The van der Waals surface area contributed by atoms with E-state index in [1.165, 1.54) is 0 Å². The molecule has 0 amide bonds. The number of aromatic nitrogens is 1. The van der Waals surface area contributed by atoms with Gasteiger partial charge in [0.15, 0.2) is 0 Å². The van der Waals surface area contributed by atoms with Crippen molar-refractivity contribution in [2.75, 3.05) is 6.61 Å². The van der Waals surface area contributed by atoms with Gasteiger partial charge in [0.05, 0.1) is 17.3 Å². The van der Waals surface area contributed by atoms with Crippen LogP contribution in [0, 0.1) is 0 Å². The minimum absolute atomic E-state index is 0.109. The van der Waals surface area contributed by atoms with Gasteiger partial charge in [-0.05, 0) is 25.5 Å². The molecule has 2 atom stereocenters. The number of halogens is 1. The first kappa shape index (κ1) is 9.90. The number of rotatable bonds is 1. The highest BCUT2D eigenvalue weighted by Gasteiger charge is 2.37. The van der Waals surface area contributed by atoms with Crippen molar-refractivity contribution in [2.45, 2.75) is 25.0 Å². The van der Waals surface area contributed by atoms with Gasteiger partial charge in [-0.2, -0.15) is 0 Å². The summed E-state index contributed by atoms with van der Waals surface area (Å²) in [6, 6.07) is 3.82. The van der Waals surface area contributed by atoms with Crippen LogP contribution in [-0.4, -0.2) is 17.6 Å². The largest absolute Gasteiger partial charge is 0.367 e. The van der Waals surface area contributed by atoms with Crippen molar-refractivity contribution in [1.82, 2.24) is 4.98 Å². The standard InChI is InChI=1S/C10H13ClN2O/c1-10(4-8(12)6-14-10)9-3-2-7(11)5-13-9/h2-3,5,8H,4,6,12H2,1H3. The van der Waals surface area contributed by atoms with Gasteiger partial charge < -0.3 is 10.5 Å². The zero-order valence-corrected chi connectivity index (χ0v) is 8.79. The molecule has 0 radical (unpaired) electrons. The third-order valence-corrected chi connectivity index (χ3v) is 2.76. The fraction of sp³-hybridized carbons (Fsp3) is 0.500. The quantitative estimate of drug-likeness (QED) is 0.771. The average molecular weight is 213 g/mol. The number of pyridine rings is 1. The summed E-state index contributed by atoms with van der Waals surface area (Å²) in [5, 5.41) is 0.639. The van der Waals surface area contributed by atoms with Crippen LogP contribution < -0.4 is 5.73 Å². The first-order valence-corrected chi connectivity index (χ1v) is 4.99. The second-order valence-electron chi connectivity index (χ2n) is 3.87. The maximum absolute atomic E-state index is 5.80. The van der Waals surface area contributed by atoms with E-state index in [4.69, 9.17) is 22.1 Å². The molecule has 0 saturated carbocycles. The molecule has 1 fully saturated rings. The Kier molecular flexibility index (Phi) is 2.47. The Labute approximate surface area is 88.2 Å². The third kappa shape index (κ3) is 1.75. The smallest absolute Gasteiger partial charge is 0.109 e. The number of hydrogen-bond donors (Lipinski definition) is 1. The molecule has 0 bridgehead atoms. The van der Waals surface area contributed by atoms with E-state index < -0.39 is 0 Å². The van der Waals surface area contributed by atoms with Crippen molar-refractivity contribution in [2.24, 2.45) is 5.73 Å². The highest BCUT2D eigenvalue weighted by molar-refractivity contribution is 6.30. The van der Waals surface area contributed by atoms with Gasteiger partial charge >= 0.3 is 0 Å². The van der Waals surface area contributed by atoms with Gasteiger partial charge in [0, 0.05) is 12.2 Å². The maximum Gasteiger partial charge on any atom is 0.109 e. The zero-order chi connectivity index (χ0) is 10.2. The summed E-state index contributed by atoms with van der Waals surface area (Å²) in [5.41, 5.74) is 6.35. The molecular formula is C10H13ClN2O. The molecular weight excluding hydrogens is 200 g/mol. The third-order valence-electron chi connectivity index (χ3n) is 2.54. The molecule has 0 spiro atoms. The van der Waals surface area contributed by atoms with Gasteiger partial charge in [0.25, 0.3) is 0 Å². The minimum Gasteiger partial charge on any atom is -0.367 e. The van der Waals surface area contributed by atoms with Gasteiger partial charge in [-0.1, -0.05) is 11.6 Å². The van der Waals surface area contributed by atoms with Crippen molar-refractivity contribution in [1.29, 1.82) is 0 Å². The van der Waals surface area contributed by atoms with Gasteiger partial charge in [-0.3, -0.25) is 4.98 Å². The number of ether oxygens (including phenoxy) is 1. The molecule has 14 heavy (non-hydrogen) atoms. The normalized spacial score (nSPS) is 32.1. The Morgan fingerprint density at radius 3 is 2.93 bits per heavy atom. The predicted octanol–water partition coefficient (Wildman–Crippen LogP) is 1.70. The van der Waals surface area contributed by atoms with Crippen molar-refractivity contribution in [3.05, 3.63) is 29.0 Å². The number of nitrogens with zero attached hydrogens (tertiary/aromatic N) is 1. The van der Waals surface area contributed by atoms with E-state index in [2.05, 4.69) is 4.98 Å². The van der Waals surface area contributed by atoms with E-state index in [1.54, 1.807) is 6.20 Å². The summed E-state index contributed by atoms with van der Waals surface area (Å²) in [4.78, 5) is 4.25. The van der Waals surface area contributed by atoms with Crippen LogP contribution in [0.2, 0.25) is 5.02 Å². The monoisotopic (exact) mass is 212 g/mol. The average Bonchev–Trinajstić information content (AvgIpc) is 2.48. The summed E-state index contributed by atoms with van der Waals surface area (Å²) < 4.78 is 5.65. The summed E-state index contributed by atoms with van der Waals surface area (Å²) in [5.74, 6) is 0. The zero-order valence-electron chi connectivity index (χ0n) is 8.03. The maximum atomic E-state index is 5.80. The van der Waals surface area contributed by atoms with Crippen LogP contribution in [0.25, 0.3) is 0 Å². The summed E-state index contributed by atoms with van der Waals surface area (Å²) in [6.45, 7) is 2.61. The Bertz CT molecular complexity index is 327. The summed E-state index contributed by atoms with van der Waals surface area (Å²) >= 11 is 5.76. The van der Waals surface area contributed by atoms with E-state index in [0.717, 1.165) is 12.1 Å². The van der Waals surface area contributed by atoms with Crippen LogP contribution in [0.15, 0.2) is 18.3 Å². The highest BCUT2D eigenvalue weighted by Crippen LogP contribution is 2.33. The summed E-state index contributed by atoms with van der Waals surface area (Å²) in [7, 11) is 0.